The average Bonchev–Trinajstić information content (AvgIpc) is 3.23. The van der Waals surface area contributed by atoms with Crippen molar-refractivity contribution in [2.24, 2.45) is 0 Å². The summed E-state index contributed by atoms with van der Waals surface area (Å²) >= 11 is 3.34. The lowest BCUT2D eigenvalue weighted by molar-refractivity contribution is 0.0921. The summed E-state index contributed by atoms with van der Waals surface area (Å²) in [5.74, 6) is 1.97. The minimum absolute atomic E-state index is 0.108. The second-order valence-electron chi connectivity index (χ2n) is 6.26. The third-order valence-corrected chi connectivity index (χ3v) is 4.74. The summed E-state index contributed by atoms with van der Waals surface area (Å²) in [4.78, 5) is 24.7. The van der Waals surface area contributed by atoms with E-state index in [1.165, 1.54) is 0 Å². The van der Waals surface area contributed by atoms with Gasteiger partial charge in [0.25, 0.3) is 0 Å². The van der Waals surface area contributed by atoms with Gasteiger partial charge in [0.1, 0.15) is 23.0 Å². The highest BCUT2D eigenvalue weighted by Crippen LogP contribution is 2.35. The number of Topliss-reactive ketones (excluding diaryl/α,β-unsaturated/α-hetero) is 2. The molecule has 1 aromatic heterocycles. The Kier molecular flexibility index (Phi) is 4.88. The van der Waals surface area contributed by atoms with E-state index in [0.717, 1.165) is 10.2 Å². The number of halogens is 1. The molecule has 140 valence electrons. The zero-order valence-corrected chi connectivity index (χ0v) is 16.5. The van der Waals surface area contributed by atoms with Gasteiger partial charge in [0.05, 0.1) is 5.56 Å². The number of ether oxygens (including phenoxy) is 2. The third-order valence-electron chi connectivity index (χ3n) is 4.21. The van der Waals surface area contributed by atoms with Gasteiger partial charge in [-0.05, 0) is 43.3 Å². The molecular formula is C22H15BrO5. The van der Waals surface area contributed by atoms with Crippen LogP contribution in [0.2, 0.25) is 0 Å². The second-order valence-corrected chi connectivity index (χ2v) is 7.18. The molecule has 1 aliphatic rings. The Labute approximate surface area is 169 Å². The molecule has 0 fully saturated rings. The van der Waals surface area contributed by atoms with Crippen LogP contribution in [0.15, 0.2) is 69.2 Å². The quantitative estimate of drug-likeness (QED) is 0.403. The minimum Gasteiger partial charge on any atom is -0.485 e. The number of hydrogen-bond donors (Lipinski definition) is 0. The smallest absolute Gasteiger partial charge is 0.232 e. The number of benzene rings is 2. The Morgan fingerprint density at radius 1 is 1.11 bits per heavy atom. The molecule has 2 aromatic carbocycles. The molecule has 3 aromatic rings. The number of ketones is 2. The number of aryl methyl sites for hydroxylation is 1. The van der Waals surface area contributed by atoms with Gasteiger partial charge in [0, 0.05) is 22.2 Å². The van der Waals surface area contributed by atoms with Crippen LogP contribution in [-0.2, 0) is 0 Å². The van der Waals surface area contributed by atoms with Crippen molar-refractivity contribution >= 4 is 33.6 Å². The van der Waals surface area contributed by atoms with Crippen LogP contribution >= 0.6 is 15.9 Å². The van der Waals surface area contributed by atoms with Crippen LogP contribution in [0.25, 0.3) is 6.08 Å². The topological polar surface area (TPSA) is 65.7 Å². The molecule has 0 aliphatic carbocycles. The fourth-order valence-corrected chi connectivity index (χ4v) is 3.05. The van der Waals surface area contributed by atoms with Gasteiger partial charge in [-0.15, -0.1) is 0 Å². The van der Waals surface area contributed by atoms with E-state index in [1.807, 2.05) is 13.0 Å². The highest BCUT2D eigenvalue weighted by molar-refractivity contribution is 9.10. The van der Waals surface area contributed by atoms with E-state index in [9.17, 15) is 9.59 Å². The summed E-state index contributed by atoms with van der Waals surface area (Å²) in [6, 6.07) is 15.5. The lowest BCUT2D eigenvalue weighted by atomic mass is 10.1. The molecule has 0 bridgehead atoms. The van der Waals surface area contributed by atoms with E-state index < -0.39 is 0 Å². The summed E-state index contributed by atoms with van der Waals surface area (Å²) < 4.78 is 17.6. The minimum atomic E-state index is -0.221. The van der Waals surface area contributed by atoms with Gasteiger partial charge < -0.3 is 13.9 Å². The maximum atomic E-state index is 12.5. The van der Waals surface area contributed by atoms with Gasteiger partial charge in [-0.1, -0.05) is 28.1 Å². The average molecular weight is 439 g/mol. The van der Waals surface area contributed by atoms with E-state index in [0.29, 0.717) is 28.4 Å². The lowest BCUT2D eigenvalue weighted by Crippen LogP contribution is -2.11. The van der Waals surface area contributed by atoms with E-state index in [-0.39, 0.29) is 23.9 Å². The predicted molar refractivity (Wildman–Crippen MR) is 107 cm³/mol. The Morgan fingerprint density at radius 2 is 1.89 bits per heavy atom. The molecule has 0 unspecified atom stereocenters. The maximum absolute atomic E-state index is 12.5. The first-order chi connectivity index (χ1) is 13.5. The van der Waals surface area contributed by atoms with E-state index >= 15 is 0 Å². The Morgan fingerprint density at radius 3 is 2.61 bits per heavy atom. The molecule has 2 heterocycles. The molecule has 1 aliphatic heterocycles. The second kappa shape index (κ2) is 7.48. The van der Waals surface area contributed by atoms with Crippen LogP contribution in [0.5, 0.6) is 11.5 Å². The molecule has 0 amide bonds. The molecule has 0 N–H and O–H groups in total. The number of carbonyl (C=O) groups excluding carboxylic acids is 2. The zero-order valence-electron chi connectivity index (χ0n) is 14.9. The molecule has 28 heavy (non-hydrogen) atoms. The van der Waals surface area contributed by atoms with E-state index in [2.05, 4.69) is 15.9 Å². The van der Waals surface area contributed by atoms with Crippen molar-refractivity contribution in [1.29, 1.82) is 0 Å². The highest BCUT2D eigenvalue weighted by Gasteiger charge is 2.28. The van der Waals surface area contributed by atoms with Crippen molar-refractivity contribution < 1.29 is 23.5 Å². The van der Waals surface area contributed by atoms with Crippen molar-refractivity contribution in [2.75, 3.05) is 6.61 Å². The first-order valence-corrected chi connectivity index (χ1v) is 9.35. The molecule has 4 rings (SSSR count). The molecule has 6 heteroatoms. The first kappa shape index (κ1) is 18.3. The summed E-state index contributed by atoms with van der Waals surface area (Å²) in [5, 5.41) is 0. The van der Waals surface area contributed by atoms with Gasteiger partial charge in [-0.25, -0.2) is 0 Å². The number of furan rings is 1. The number of rotatable bonds is 5. The molecular weight excluding hydrogens is 424 g/mol. The standard InChI is InChI=1S/C22H15BrO5/c1-13-2-7-17(27-13)11-21-22(25)18-9-8-16(10-20(18)28-21)26-12-19(24)14-3-5-15(23)6-4-14/h2-11H,12H2,1H3. The SMILES string of the molecule is Cc1ccc(C=C2Oc3cc(OCC(=O)c4ccc(Br)cc4)ccc3C2=O)o1. The largest absolute Gasteiger partial charge is 0.485 e. The van der Waals surface area contributed by atoms with Crippen LogP contribution in [-0.4, -0.2) is 18.2 Å². The summed E-state index contributed by atoms with van der Waals surface area (Å²) in [6.45, 7) is 1.72. The molecule has 0 saturated heterocycles. The van der Waals surface area contributed by atoms with Crippen LogP contribution in [0.3, 0.4) is 0 Å². The molecule has 0 radical (unpaired) electrons. The fourth-order valence-electron chi connectivity index (χ4n) is 2.79. The van der Waals surface area contributed by atoms with Crippen LogP contribution in [0, 0.1) is 6.92 Å². The Bertz CT molecular complexity index is 1090. The zero-order chi connectivity index (χ0) is 19.7. The number of allylic oxidation sites excluding steroid dienone is 1. The number of hydrogen-bond acceptors (Lipinski definition) is 5. The summed E-state index contributed by atoms with van der Waals surface area (Å²) in [6.07, 6.45) is 1.56. The van der Waals surface area contributed by atoms with Gasteiger partial charge in [0.15, 0.2) is 18.1 Å². The third kappa shape index (κ3) is 3.77. The van der Waals surface area contributed by atoms with Crippen molar-refractivity contribution in [3.8, 4) is 11.5 Å². The highest BCUT2D eigenvalue weighted by atomic mass is 79.9. The number of carbonyl (C=O) groups is 2. The van der Waals surface area contributed by atoms with Gasteiger partial charge in [-0.2, -0.15) is 0 Å². The lowest BCUT2D eigenvalue weighted by Gasteiger charge is -2.07. The molecule has 0 spiro atoms. The first-order valence-electron chi connectivity index (χ1n) is 8.56. The van der Waals surface area contributed by atoms with Gasteiger partial charge in [0.2, 0.25) is 5.78 Å². The molecule has 5 nitrogen and oxygen atoms in total. The predicted octanol–water partition coefficient (Wildman–Crippen LogP) is 5.23. The van der Waals surface area contributed by atoms with Crippen molar-refractivity contribution in [1.82, 2.24) is 0 Å². The van der Waals surface area contributed by atoms with Crippen molar-refractivity contribution in [2.45, 2.75) is 6.92 Å². The molecule has 0 saturated carbocycles. The maximum Gasteiger partial charge on any atom is 0.232 e. The van der Waals surface area contributed by atoms with E-state index in [4.69, 9.17) is 13.9 Å². The van der Waals surface area contributed by atoms with Gasteiger partial charge >= 0.3 is 0 Å². The number of fused-ring (bicyclic) bond motifs is 1. The van der Waals surface area contributed by atoms with Crippen LogP contribution in [0.1, 0.15) is 32.2 Å². The van der Waals surface area contributed by atoms with Crippen molar-refractivity contribution in [3.63, 3.8) is 0 Å². The summed E-state index contributed by atoms with van der Waals surface area (Å²) in [5.41, 5.74) is 1.01. The molecule has 0 atom stereocenters. The summed E-state index contributed by atoms with van der Waals surface area (Å²) in [7, 11) is 0. The van der Waals surface area contributed by atoms with Crippen molar-refractivity contribution in [3.05, 3.63) is 87.5 Å². The fraction of sp³-hybridized carbons (Fsp3) is 0.0909. The monoisotopic (exact) mass is 438 g/mol. The van der Waals surface area contributed by atoms with Crippen LogP contribution < -0.4 is 9.47 Å². The Hall–Kier alpha value is -3.12. The Balaban J connectivity index is 1.46. The van der Waals surface area contributed by atoms with Crippen LogP contribution in [0.4, 0.5) is 0 Å². The van der Waals surface area contributed by atoms with E-state index in [1.54, 1.807) is 54.6 Å². The van der Waals surface area contributed by atoms with Gasteiger partial charge in [-0.3, -0.25) is 9.59 Å². The normalized spacial score (nSPS) is 14.1.